The van der Waals surface area contributed by atoms with Crippen molar-refractivity contribution in [2.24, 2.45) is 11.7 Å². The van der Waals surface area contributed by atoms with Gasteiger partial charge in [-0.3, -0.25) is 4.90 Å². The molecule has 0 spiro atoms. The predicted molar refractivity (Wildman–Crippen MR) is 58.1 cm³/mol. The first-order valence-corrected chi connectivity index (χ1v) is 5.66. The second-order valence-corrected chi connectivity index (χ2v) is 5.37. The maximum atomic E-state index is 12.3. The van der Waals surface area contributed by atoms with E-state index in [2.05, 4.69) is 0 Å². The first kappa shape index (κ1) is 12.8. The summed E-state index contributed by atoms with van der Waals surface area (Å²) in [5.74, 6) is 0.617. The number of nitrogens with two attached hydrogens (primary N) is 1. The van der Waals surface area contributed by atoms with Gasteiger partial charge in [0.1, 0.15) is 0 Å². The fraction of sp³-hybridized carbons (Fsp3) is 1.00. The summed E-state index contributed by atoms with van der Waals surface area (Å²) in [6.07, 6.45) is 1.36. The summed E-state index contributed by atoms with van der Waals surface area (Å²) in [6, 6.07) is 0. The molecule has 0 atom stereocenters. The van der Waals surface area contributed by atoms with Crippen molar-refractivity contribution in [1.29, 1.82) is 0 Å². The first-order valence-electron chi connectivity index (χ1n) is 5.66. The molecule has 1 rings (SSSR count). The molecule has 0 amide bonds. The monoisotopic (exact) mass is 220 g/mol. The van der Waals surface area contributed by atoms with Gasteiger partial charge in [0.15, 0.2) is 0 Å². The Kier molecular flexibility index (Phi) is 4.46. The van der Waals surface area contributed by atoms with E-state index in [4.69, 9.17) is 5.73 Å². The molecule has 0 saturated heterocycles. The van der Waals surface area contributed by atoms with Gasteiger partial charge >= 0.3 is 0 Å². The zero-order valence-electron chi connectivity index (χ0n) is 9.68. The van der Waals surface area contributed by atoms with E-state index in [-0.39, 0.29) is 6.54 Å². The average Bonchev–Trinajstić information content (AvgIpc) is 1.91. The van der Waals surface area contributed by atoms with Gasteiger partial charge in [0.2, 0.25) is 0 Å². The number of hydrogen-bond donors (Lipinski definition) is 1. The van der Waals surface area contributed by atoms with Crippen LogP contribution in [0.2, 0.25) is 0 Å². The average molecular weight is 220 g/mol. The Bertz CT molecular complexity index is 186. The van der Waals surface area contributed by atoms with Gasteiger partial charge in [0.05, 0.1) is 6.54 Å². The highest BCUT2D eigenvalue weighted by atomic mass is 19.3. The van der Waals surface area contributed by atoms with Crippen molar-refractivity contribution in [3.8, 4) is 0 Å². The Morgan fingerprint density at radius 3 is 2.33 bits per heavy atom. The van der Waals surface area contributed by atoms with Gasteiger partial charge in [-0.25, -0.2) is 8.78 Å². The molecule has 15 heavy (non-hydrogen) atoms. The number of alkyl halides is 2. The maximum absolute atomic E-state index is 12.3. The largest absolute Gasteiger partial charge is 0.324 e. The molecule has 1 saturated carbocycles. The van der Waals surface area contributed by atoms with Crippen LogP contribution in [0.4, 0.5) is 8.78 Å². The van der Waals surface area contributed by atoms with Gasteiger partial charge in [-0.15, -0.1) is 0 Å². The van der Waals surface area contributed by atoms with Crippen LogP contribution in [0.5, 0.6) is 0 Å². The lowest BCUT2D eigenvalue weighted by molar-refractivity contribution is 0.0613. The molecule has 0 aromatic carbocycles. The second kappa shape index (κ2) is 5.21. The van der Waals surface area contributed by atoms with Crippen LogP contribution in [0.1, 0.15) is 33.1 Å². The van der Waals surface area contributed by atoms with Crippen LogP contribution >= 0.6 is 0 Å². The Morgan fingerprint density at radius 2 is 2.00 bits per heavy atom. The quantitative estimate of drug-likeness (QED) is 0.742. The Labute approximate surface area is 90.8 Å². The number of rotatable bonds is 6. The highest BCUT2D eigenvalue weighted by molar-refractivity contribution is 4.81. The van der Waals surface area contributed by atoms with Crippen molar-refractivity contribution < 1.29 is 8.78 Å². The maximum Gasteiger partial charge on any atom is 0.251 e. The molecule has 0 radical (unpaired) electrons. The van der Waals surface area contributed by atoms with E-state index in [0.29, 0.717) is 12.5 Å². The molecule has 2 nitrogen and oxygen atoms in total. The topological polar surface area (TPSA) is 29.3 Å². The van der Waals surface area contributed by atoms with E-state index < -0.39 is 12.0 Å². The fourth-order valence-corrected chi connectivity index (χ4v) is 2.02. The highest BCUT2D eigenvalue weighted by Crippen LogP contribution is 2.27. The molecule has 0 aromatic heterocycles. The van der Waals surface area contributed by atoms with E-state index in [1.54, 1.807) is 0 Å². The smallest absolute Gasteiger partial charge is 0.251 e. The summed E-state index contributed by atoms with van der Waals surface area (Å²) in [5, 5.41) is 0. The SMILES string of the molecule is CC(C)(N)CN(CC(F)F)CC1CCC1. The lowest BCUT2D eigenvalue weighted by Crippen LogP contribution is -2.48. The van der Waals surface area contributed by atoms with Gasteiger partial charge in [0.25, 0.3) is 6.43 Å². The third-order valence-electron chi connectivity index (χ3n) is 2.77. The van der Waals surface area contributed by atoms with Gasteiger partial charge in [0, 0.05) is 18.6 Å². The Balaban J connectivity index is 2.37. The second-order valence-electron chi connectivity index (χ2n) is 5.37. The number of halogens is 2. The summed E-state index contributed by atoms with van der Waals surface area (Å²) >= 11 is 0. The van der Waals surface area contributed by atoms with E-state index in [9.17, 15) is 8.78 Å². The molecular weight excluding hydrogens is 198 g/mol. The summed E-state index contributed by atoms with van der Waals surface area (Å²) in [4.78, 5) is 1.81. The summed E-state index contributed by atoms with van der Waals surface area (Å²) < 4.78 is 24.7. The molecule has 0 heterocycles. The molecule has 1 fully saturated rings. The normalized spacial score (nSPS) is 18.6. The fourth-order valence-electron chi connectivity index (χ4n) is 2.02. The van der Waals surface area contributed by atoms with Crippen LogP contribution in [0, 0.1) is 5.92 Å². The van der Waals surface area contributed by atoms with E-state index in [0.717, 1.165) is 6.54 Å². The standard InChI is InChI=1S/C11H22F2N2/c1-11(2,14)8-15(7-10(12)13)6-9-4-3-5-9/h9-10H,3-8,14H2,1-2H3. The molecule has 90 valence electrons. The lowest BCUT2D eigenvalue weighted by atomic mass is 9.85. The van der Waals surface area contributed by atoms with Crippen molar-refractivity contribution in [3.05, 3.63) is 0 Å². The Hall–Kier alpha value is -0.220. The van der Waals surface area contributed by atoms with E-state index in [1.165, 1.54) is 19.3 Å². The van der Waals surface area contributed by atoms with Crippen LogP contribution in [0.3, 0.4) is 0 Å². The molecule has 0 unspecified atom stereocenters. The summed E-state index contributed by atoms with van der Waals surface area (Å²) in [5.41, 5.74) is 5.47. The van der Waals surface area contributed by atoms with Crippen molar-refractivity contribution in [3.63, 3.8) is 0 Å². The van der Waals surface area contributed by atoms with Gasteiger partial charge in [-0.2, -0.15) is 0 Å². The van der Waals surface area contributed by atoms with Crippen LogP contribution in [-0.4, -0.2) is 36.5 Å². The number of nitrogens with zero attached hydrogens (tertiary/aromatic N) is 1. The third-order valence-corrected chi connectivity index (χ3v) is 2.77. The summed E-state index contributed by atoms with van der Waals surface area (Å²) in [7, 11) is 0. The van der Waals surface area contributed by atoms with Gasteiger partial charge in [-0.1, -0.05) is 6.42 Å². The van der Waals surface area contributed by atoms with Gasteiger partial charge in [-0.05, 0) is 32.6 Å². The van der Waals surface area contributed by atoms with Crippen molar-refractivity contribution in [1.82, 2.24) is 4.90 Å². The van der Waals surface area contributed by atoms with Crippen LogP contribution in [0.25, 0.3) is 0 Å². The predicted octanol–water partition coefficient (Wildman–Crippen LogP) is 2.09. The minimum atomic E-state index is -2.26. The minimum Gasteiger partial charge on any atom is -0.324 e. The van der Waals surface area contributed by atoms with Crippen molar-refractivity contribution in [2.75, 3.05) is 19.6 Å². The summed E-state index contributed by atoms with van der Waals surface area (Å²) in [6.45, 7) is 4.95. The van der Waals surface area contributed by atoms with Crippen LogP contribution in [0.15, 0.2) is 0 Å². The van der Waals surface area contributed by atoms with E-state index in [1.807, 2.05) is 18.7 Å². The van der Waals surface area contributed by atoms with Crippen molar-refractivity contribution >= 4 is 0 Å². The Morgan fingerprint density at radius 1 is 1.40 bits per heavy atom. The lowest BCUT2D eigenvalue weighted by Gasteiger charge is -2.35. The zero-order valence-corrected chi connectivity index (χ0v) is 9.68. The molecule has 1 aliphatic rings. The molecule has 0 bridgehead atoms. The molecule has 0 aromatic rings. The third kappa shape index (κ3) is 5.42. The van der Waals surface area contributed by atoms with Gasteiger partial charge < -0.3 is 5.73 Å². The molecule has 2 N–H and O–H groups in total. The first-order chi connectivity index (χ1) is 6.87. The molecule has 1 aliphatic carbocycles. The molecular formula is C11H22F2N2. The van der Waals surface area contributed by atoms with Crippen LogP contribution in [-0.2, 0) is 0 Å². The minimum absolute atomic E-state index is 0.142. The zero-order chi connectivity index (χ0) is 11.5. The van der Waals surface area contributed by atoms with Crippen molar-refractivity contribution in [2.45, 2.75) is 45.1 Å². The number of hydrogen-bond acceptors (Lipinski definition) is 2. The molecule has 0 aliphatic heterocycles. The highest BCUT2D eigenvalue weighted by Gasteiger charge is 2.25. The van der Waals surface area contributed by atoms with E-state index >= 15 is 0 Å². The molecule has 4 heteroatoms. The van der Waals surface area contributed by atoms with Crippen LogP contribution < -0.4 is 5.73 Å².